The number of carboxylic acid groups (broad SMARTS) is 1. The standard InChI is InChI=1S/C10H16O2/c1-7-5-4-6-10(3,8(7)2)9(11)12/h4-6H2,1-3H3,(H,11,12). The summed E-state index contributed by atoms with van der Waals surface area (Å²) >= 11 is 0. The van der Waals surface area contributed by atoms with Crippen molar-refractivity contribution in [3.8, 4) is 0 Å². The second-order valence-corrected chi connectivity index (χ2v) is 3.90. The molecule has 0 amide bonds. The van der Waals surface area contributed by atoms with Gasteiger partial charge in [0.15, 0.2) is 0 Å². The topological polar surface area (TPSA) is 37.3 Å². The normalized spacial score (nSPS) is 30.6. The van der Waals surface area contributed by atoms with E-state index in [1.54, 1.807) is 0 Å². The van der Waals surface area contributed by atoms with E-state index in [4.69, 9.17) is 5.11 Å². The highest BCUT2D eigenvalue weighted by Gasteiger charge is 2.37. The van der Waals surface area contributed by atoms with E-state index in [2.05, 4.69) is 0 Å². The van der Waals surface area contributed by atoms with Crippen molar-refractivity contribution >= 4 is 5.97 Å². The maximum atomic E-state index is 11.0. The van der Waals surface area contributed by atoms with Crippen LogP contribution in [-0.2, 0) is 4.79 Å². The summed E-state index contributed by atoms with van der Waals surface area (Å²) in [4.78, 5) is 11.0. The van der Waals surface area contributed by atoms with Crippen LogP contribution in [0.25, 0.3) is 0 Å². The molecule has 0 aliphatic heterocycles. The molecule has 0 spiro atoms. The largest absolute Gasteiger partial charge is 0.481 e. The van der Waals surface area contributed by atoms with Gasteiger partial charge in [0.05, 0.1) is 5.41 Å². The zero-order chi connectivity index (χ0) is 9.35. The molecule has 0 bridgehead atoms. The number of hydrogen-bond acceptors (Lipinski definition) is 1. The fraction of sp³-hybridized carbons (Fsp3) is 0.700. The molecule has 0 saturated carbocycles. The lowest BCUT2D eigenvalue weighted by Crippen LogP contribution is -2.31. The molecule has 1 N–H and O–H groups in total. The third-order valence-corrected chi connectivity index (χ3v) is 3.17. The maximum Gasteiger partial charge on any atom is 0.313 e. The second kappa shape index (κ2) is 2.92. The summed E-state index contributed by atoms with van der Waals surface area (Å²) in [7, 11) is 0. The van der Waals surface area contributed by atoms with Crippen molar-refractivity contribution in [2.45, 2.75) is 40.0 Å². The van der Waals surface area contributed by atoms with Gasteiger partial charge in [-0.05, 0) is 40.0 Å². The minimum Gasteiger partial charge on any atom is -0.481 e. The van der Waals surface area contributed by atoms with Gasteiger partial charge in [-0.1, -0.05) is 11.1 Å². The summed E-state index contributed by atoms with van der Waals surface area (Å²) in [5, 5.41) is 9.05. The molecule has 1 unspecified atom stereocenters. The molecule has 1 aliphatic carbocycles. The number of allylic oxidation sites excluding steroid dienone is 1. The Morgan fingerprint density at radius 2 is 2.08 bits per heavy atom. The van der Waals surface area contributed by atoms with E-state index in [1.807, 2.05) is 20.8 Å². The Labute approximate surface area is 73.3 Å². The van der Waals surface area contributed by atoms with Crippen molar-refractivity contribution in [3.05, 3.63) is 11.1 Å². The Hall–Kier alpha value is -0.790. The van der Waals surface area contributed by atoms with Crippen molar-refractivity contribution in [2.75, 3.05) is 0 Å². The molecule has 2 nitrogen and oxygen atoms in total. The van der Waals surface area contributed by atoms with Crippen LogP contribution in [0.3, 0.4) is 0 Å². The Bertz CT molecular complexity index is 240. The lowest BCUT2D eigenvalue weighted by molar-refractivity contribution is -0.146. The molecular formula is C10H16O2. The van der Waals surface area contributed by atoms with Gasteiger partial charge in [-0.25, -0.2) is 0 Å². The van der Waals surface area contributed by atoms with Gasteiger partial charge in [-0.3, -0.25) is 4.79 Å². The van der Waals surface area contributed by atoms with Gasteiger partial charge in [0, 0.05) is 0 Å². The highest BCUT2D eigenvalue weighted by Crippen LogP contribution is 2.40. The zero-order valence-electron chi connectivity index (χ0n) is 7.98. The molecule has 0 aromatic heterocycles. The van der Waals surface area contributed by atoms with Crippen molar-refractivity contribution in [2.24, 2.45) is 5.41 Å². The third-order valence-electron chi connectivity index (χ3n) is 3.17. The first-order valence-corrected chi connectivity index (χ1v) is 4.38. The quantitative estimate of drug-likeness (QED) is 0.611. The first-order chi connectivity index (χ1) is 5.48. The molecule has 0 saturated heterocycles. The monoisotopic (exact) mass is 168 g/mol. The third kappa shape index (κ3) is 1.26. The minimum absolute atomic E-state index is 0.595. The summed E-state index contributed by atoms with van der Waals surface area (Å²) in [5.74, 6) is -0.681. The molecular weight excluding hydrogens is 152 g/mol. The molecule has 0 aromatic rings. The smallest absolute Gasteiger partial charge is 0.313 e. The Balaban J connectivity index is 3.06. The highest BCUT2D eigenvalue weighted by molar-refractivity contribution is 5.78. The van der Waals surface area contributed by atoms with Gasteiger partial charge >= 0.3 is 5.97 Å². The molecule has 0 radical (unpaired) electrons. The summed E-state index contributed by atoms with van der Waals surface area (Å²) in [5.41, 5.74) is 1.72. The van der Waals surface area contributed by atoms with Crippen LogP contribution in [0.2, 0.25) is 0 Å². The van der Waals surface area contributed by atoms with E-state index in [-0.39, 0.29) is 0 Å². The van der Waals surface area contributed by atoms with Gasteiger partial charge in [-0.15, -0.1) is 0 Å². The van der Waals surface area contributed by atoms with Crippen LogP contribution in [0.15, 0.2) is 11.1 Å². The zero-order valence-corrected chi connectivity index (χ0v) is 7.98. The first kappa shape index (κ1) is 9.30. The molecule has 0 fully saturated rings. The van der Waals surface area contributed by atoms with E-state index in [1.165, 1.54) is 5.57 Å². The number of carboxylic acids is 1. The fourth-order valence-electron chi connectivity index (χ4n) is 1.82. The van der Waals surface area contributed by atoms with E-state index < -0.39 is 11.4 Å². The van der Waals surface area contributed by atoms with Crippen LogP contribution < -0.4 is 0 Å². The number of aliphatic carboxylic acids is 1. The molecule has 0 heterocycles. The predicted molar refractivity (Wildman–Crippen MR) is 48.0 cm³/mol. The highest BCUT2D eigenvalue weighted by atomic mass is 16.4. The van der Waals surface area contributed by atoms with Gasteiger partial charge in [-0.2, -0.15) is 0 Å². The maximum absolute atomic E-state index is 11.0. The van der Waals surface area contributed by atoms with E-state index in [0.29, 0.717) is 0 Å². The van der Waals surface area contributed by atoms with E-state index in [0.717, 1.165) is 24.8 Å². The van der Waals surface area contributed by atoms with Crippen molar-refractivity contribution in [3.63, 3.8) is 0 Å². The van der Waals surface area contributed by atoms with E-state index in [9.17, 15) is 4.79 Å². The molecule has 2 heteroatoms. The molecule has 1 atom stereocenters. The van der Waals surface area contributed by atoms with Crippen LogP contribution in [0.1, 0.15) is 40.0 Å². The Morgan fingerprint density at radius 3 is 2.50 bits per heavy atom. The van der Waals surface area contributed by atoms with Crippen LogP contribution >= 0.6 is 0 Å². The summed E-state index contributed by atoms with van der Waals surface area (Å²) in [6.45, 7) is 5.81. The first-order valence-electron chi connectivity index (χ1n) is 4.38. The molecule has 0 aromatic carbocycles. The minimum atomic E-state index is -0.681. The predicted octanol–water partition coefficient (Wildman–Crippen LogP) is 2.60. The van der Waals surface area contributed by atoms with Gasteiger partial charge in [0.1, 0.15) is 0 Å². The lowest BCUT2D eigenvalue weighted by atomic mass is 9.72. The van der Waals surface area contributed by atoms with Gasteiger partial charge < -0.3 is 5.11 Å². The number of rotatable bonds is 1. The fourth-order valence-corrected chi connectivity index (χ4v) is 1.82. The van der Waals surface area contributed by atoms with Crippen LogP contribution in [-0.4, -0.2) is 11.1 Å². The van der Waals surface area contributed by atoms with Crippen LogP contribution in [0, 0.1) is 5.41 Å². The van der Waals surface area contributed by atoms with Crippen molar-refractivity contribution < 1.29 is 9.90 Å². The Morgan fingerprint density at radius 1 is 1.50 bits per heavy atom. The molecule has 1 aliphatic rings. The molecule has 12 heavy (non-hydrogen) atoms. The average Bonchev–Trinajstić information content (AvgIpc) is 2.00. The van der Waals surface area contributed by atoms with Crippen LogP contribution in [0.5, 0.6) is 0 Å². The van der Waals surface area contributed by atoms with Crippen molar-refractivity contribution in [1.82, 2.24) is 0 Å². The Kier molecular flexibility index (Phi) is 2.27. The number of hydrogen-bond donors (Lipinski definition) is 1. The SMILES string of the molecule is CC1=C(C)C(C)(C(=O)O)CCC1. The molecule has 1 rings (SSSR count). The summed E-state index contributed by atoms with van der Waals surface area (Å²) in [6, 6.07) is 0. The van der Waals surface area contributed by atoms with E-state index >= 15 is 0 Å². The lowest BCUT2D eigenvalue weighted by Gasteiger charge is -2.31. The van der Waals surface area contributed by atoms with Gasteiger partial charge in [0.2, 0.25) is 0 Å². The van der Waals surface area contributed by atoms with Gasteiger partial charge in [0.25, 0.3) is 0 Å². The van der Waals surface area contributed by atoms with Crippen molar-refractivity contribution in [1.29, 1.82) is 0 Å². The second-order valence-electron chi connectivity index (χ2n) is 3.90. The summed E-state index contributed by atoms with van der Waals surface area (Å²) in [6.07, 6.45) is 2.85. The number of carbonyl (C=O) groups is 1. The average molecular weight is 168 g/mol. The van der Waals surface area contributed by atoms with Crippen LogP contribution in [0.4, 0.5) is 0 Å². The summed E-state index contributed by atoms with van der Waals surface area (Å²) < 4.78 is 0. The molecule has 68 valence electrons.